The summed E-state index contributed by atoms with van der Waals surface area (Å²) in [6, 6.07) is 9.90. The van der Waals surface area contributed by atoms with Gasteiger partial charge in [-0.3, -0.25) is 0 Å². The van der Waals surface area contributed by atoms with Crippen molar-refractivity contribution in [2.24, 2.45) is 0 Å². The van der Waals surface area contributed by atoms with E-state index in [9.17, 15) is 26.9 Å². The Morgan fingerprint density at radius 3 is 2.33 bits per heavy atom. The Morgan fingerprint density at radius 2 is 1.82 bits per heavy atom. The molecule has 2 heterocycles. The number of sulfonamides is 1. The van der Waals surface area contributed by atoms with Gasteiger partial charge in [-0.2, -0.15) is 23.2 Å². The molecular weight excluding hydrogens is 453 g/mol. The molecule has 6 nitrogen and oxygen atoms in total. The highest BCUT2D eigenvalue weighted by atomic mass is 32.2. The molecule has 3 aromatic rings. The molecule has 0 atom stereocenters. The second kappa shape index (κ2) is 7.85. The smallest absolute Gasteiger partial charge is 0.321 e. The zero-order valence-electron chi connectivity index (χ0n) is 18.4. The quantitative estimate of drug-likeness (QED) is 0.546. The Hall–Kier alpha value is -2.90. The zero-order valence-corrected chi connectivity index (χ0v) is 19.2. The maximum Gasteiger partial charge on any atom is 0.407 e. The van der Waals surface area contributed by atoms with E-state index in [1.54, 1.807) is 10.9 Å². The topological polar surface area (TPSA) is 87.8 Å². The Bertz CT molecular complexity index is 1360. The summed E-state index contributed by atoms with van der Waals surface area (Å²) in [6.07, 6.45) is -0.0572. The first-order chi connectivity index (χ1) is 15.4. The fourth-order valence-electron chi connectivity index (χ4n) is 3.93. The van der Waals surface area contributed by atoms with Crippen molar-refractivity contribution in [3.8, 4) is 17.3 Å². The van der Waals surface area contributed by atoms with E-state index < -0.39 is 21.7 Å². The number of alkyl halides is 3. The van der Waals surface area contributed by atoms with E-state index in [0.717, 1.165) is 44.1 Å². The first-order valence-corrected chi connectivity index (χ1v) is 12.0. The third-order valence-corrected chi connectivity index (χ3v) is 7.74. The number of rotatable bonds is 5. The van der Waals surface area contributed by atoms with E-state index >= 15 is 0 Å². The minimum atomic E-state index is -4.75. The molecule has 1 aliphatic rings. The highest BCUT2D eigenvalue weighted by Gasteiger charge is 2.49. The van der Waals surface area contributed by atoms with Crippen LogP contribution in [0.1, 0.15) is 50.3 Å². The van der Waals surface area contributed by atoms with E-state index in [-0.39, 0.29) is 10.9 Å². The molecular formula is C23H23F3N4O2S. The minimum absolute atomic E-state index is 0.178. The predicted molar refractivity (Wildman–Crippen MR) is 118 cm³/mol. The van der Waals surface area contributed by atoms with Crippen molar-refractivity contribution in [3.63, 3.8) is 0 Å². The van der Waals surface area contributed by atoms with Crippen LogP contribution >= 0.6 is 0 Å². The molecule has 4 rings (SSSR count). The molecule has 1 aromatic carbocycles. The first-order valence-electron chi connectivity index (χ1n) is 10.5. The van der Waals surface area contributed by atoms with Crippen molar-refractivity contribution < 1.29 is 21.6 Å². The van der Waals surface area contributed by atoms with E-state index in [1.807, 2.05) is 17.6 Å². The summed E-state index contributed by atoms with van der Waals surface area (Å²) in [5.74, 6) is 0. The molecule has 33 heavy (non-hydrogen) atoms. The van der Waals surface area contributed by atoms with Crippen LogP contribution in [-0.4, -0.2) is 29.7 Å². The fraction of sp³-hybridized carbons (Fsp3) is 0.391. The van der Waals surface area contributed by atoms with Gasteiger partial charge in [-0.25, -0.2) is 13.4 Å². The molecule has 0 unspecified atom stereocenters. The molecule has 10 heteroatoms. The average Bonchev–Trinajstić information content (AvgIpc) is 2.98. The van der Waals surface area contributed by atoms with Crippen LogP contribution in [0.25, 0.3) is 22.3 Å². The zero-order chi connectivity index (χ0) is 24.2. The molecule has 0 aliphatic heterocycles. The SMILES string of the molecule is Cc1cnc2c(c1)c(C#N)c(-c1ccc(S(=O)(=O)NC(C)(C)C(F)(F)F)cc1)n2C1CCC1. The standard InChI is InChI=1S/C23H23F3N4O2S/c1-14-11-18-19(12-27)20(30(16-5-4-6-16)21(18)28-13-14)15-7-9-17(10-8-15)33(31,32)29-22(2,3)23(24,25)26/h7-11,13,16,29H,4-6H2,1-3H3. The normalized spacial score (nSPS) is 15.4. The van der Waals surface area contributed by atoms with Crippen LogP contribution in [0.2, 0.25) is 0 Å². The van der Waals surface area contributed by atoms with Gasteiger partial charge in [0.05, 0.1) is 16.2 Å². The van der Waals surface area contributed by atoms with Gasteiger partial charge in [-0.15, -0.1) is 0 Å². The van der Waals surface area contributed by atoms with Crippen molar-refractivity contribution in [2.45, 2.75) is 62.7 Å². The predicted octanol–water partition coefficient (Wildman–Crippen LogP) is 5.23. The highest BCUT2D eigenvalue weighted by molar-refractivity contribution is 7.89. The van der Waals surface area contributed by atoms with Gasteiger partial charge in [-0.05, 0) is 69.4 Å². The van der Waals surface area contributed by atoms with Crippen molar-refractivity contribution in [1.82, 2.24) is 14.3 Å². The van der Waals surface area contributed by atoms with Gasteiger partial charge in [0, 0.05) is 17.6 Å². The largest absolute Gasteiger partial charge is 0.407 e. The van der Waals surface area contributed by atoms with Crippen molar-refractivity contribution in [1.29, 1.82) is 5.26 Å². The van der Waals surface area contributed by atoms with E-state index in [0.29, 0.717) is 22.5 Å². The maximum atomic E-state index is 13.2. The first kappa shape index (κ1) is 23.3. The molecule has 1 N–H and O–H groups in total. The molecule has 1 aliphatic carbocycles. The number of nitriles is 1. The number of hydrogen-bond donors (Lipinski definition) is 1. The number of aryl methyl sites for hydroxylation is 1. The lowest BCUT2D eigenvalue weighted by Crippen LogP contribution is -2.54. The molecule has 1 saturated carbocycles. The summed E-state index contributed by atoms with van der Waals surface area (Å²) in [4.78, 5) is 4.27. The monoisotopic (exact) mass is 476 g/mol. The molecule has 0 amide bonds. The Morgan fingerprint density at radius 1 is 1.18 bits per heavy atom. The molecule has 1 fully saturated rings. The van der Waals surface area contributed by atoms with Gasteiger partial charge < -0.3 is 4.57 Å². The molecule has 0 saturated heterocycles. The number of nitrogens with one attached hydrogen (secondary N) is 1. The Labute approximate surface area is 190 Å². The number of aromatic nitrogens is 2. The van der Waals surface area contributed by atoms with Gasteiger partial charge in [-0.1, -0.05) is 12.1 Å². The molecule has 0 bridgehead atoms. The number of halogens is 3. The summed E-state index contributed by atoms with van der Waals surface area (Å²) in [5, 5.41) is 10.7. The van der Waals surface area contributed by atoms with Crippen LogP contribution in [-0.2, 0) is 10.0 Å². The third kappa shape index (κ3) is 4.00. The van der Waals surface area contributed by atoms with Crippen molar-refractivity contribution >= 4 is 21.1 Å². The minimum Gasteiger partial charge on any atom is -0.321 e. The second-order valence-corrected chi connectivity index (χ2v) is 10.6. The fourth-order valence-corrected chi connectivity index (χ4v) is 5.33. The maximum absolute atomic E-state index is 13.2. The van der Waals surface area contributed by atoms with Gasteiger partial charge in [0.25, 0.3) is 0 Å². The molecule has 2 aromatic heterocycles. The van der Waals surface area contributed by atoms with Crippen LogP contribution < -0.4 is 4.72 Å². The van der Waals surface area contributed by atoms with Gasteiger partial charge in [0.1, 0.15) is 17.3 Å². The second-order valence-electron chi connectivity index (χ2n) is 8.93. The lowest BCUT2D eigenvalue weighted by Gasteiger charge is -2.30. The summed E-state index contributed by atoms with van der Waals surface area (Å²) < 4.78 is 68.5. The van der Waals surface area contributed by atoms with Gasteiger partial charge >= 0.3 is 6.18 Å². The van der Waals surface area contributed by atoms with Gasteiger partial charge in [0.15, 0.2) is 0 Å². The Balaban J connectivity index is 1.80. The number of pyridine rings is 1. The van der Waals surface area contributed by atoms with Crippen LogP contribution in [0.4, 0.5) is 13.2 Å². The summed E-state index contributed by atoms with van der Waals surface area (Å²) in [6.45, 7) is 3.43. The summed E-state index contributed by atoms with van der Waals surface area (Å²) in [5.41, 5.74) is 0.669. The lowest BCUT2D eigenvalue weighted by molar-refractivity contribution is -0.180. The van der Waals surface area contributed by atoms with Gasteiger partial charge in [0.2, 0.25) is 10.0 Å². The molecule has 0 spiro atoms. The van der Waals surface area contributed by atoms with E-state index in [2.05, 4.69) is 11.1 Å². The third-order valence-electron chi connectivity index (χ3n) is 6.07. The van der Waals surface area contributed by atoms with Crippen LogP contribution in [0.5, 0.6) is 0 Å². The highest BCUT2D eigenvalue weighted by Crippen LogP contribution is 2.42. The number of fused-ring (bicyclic) bond motifs is 1. The number of benzene rings is 1. The Kier molecular flexibility index (Phi) is 5.53. The van der Waals surface area contributed by atoms with Crippen molar-refractivity contribution in [3.05, 3.63) is 47.7 Å². The van der Waals surface area contributed by atoms with Crippen molar-refractivity contribution in [2.75, 3.05) is 0 Å². The molecule has 174 valence electrons. The average molecular weight is 477 g/mol. The number of nitrogens with zero attached hydrogens (tertiary/aromatic N) is 3. The van der Waals surface area contributed by atoms with Crippen LogP contribution in [0, 0.1) is 18.3 Å². The van der Waals surface area contributed by atoms with Crippen LogP contribution in [0.15, 0.2) is 41.4 Å². The van der Waals surface area contributed by atoms with Crippen LogP contribution in [0.3, 0.4) is 0 Å². The molecule has 0 radical (unpaired) electrons. The number of hydrogen-bond acceptors (Lipinski definition) is 4. The summed E-state index contributed by atoms with van der Waals surface area (Å²) in [7, 11) is -4.42. The van der Waals surface area contributed by atoms with E-state index in [1.165, 1.54) is 24.3 Å². The summed E-state index contributed by atoms with van der Waals surface area (Å²) >= 11 is 0. The van der Waals surface area contributed by atoms with E-state index in [4.69, 9.17) is 0 Å². The lowest BCUT2D eigenvalue weighted by atomic mass is 9.92.